The fraction of sp³-hybridized carbons (Fsp3) is 0. The largest absolute Gasteiger partial charge is 0.436 e. The number of hydrogen-bond donors (Lipinski definition) is 0. The van der Waals surface area contributed by atoms with Gasteiger partial charge in [0.25, 0.3) is 0 Å². The maximum Gasteiger partial charge on any atom is 0.227 e. The van der Waals surface area contributed by atoms with Crippen LogP contribution in [0.2, 0.25) is 0 Å². The second-order valence-corrected chi connectivity index (χ2v) is 14.2. The first-order valence-corrected chi connectivity index (χ1v) is 18.4. The van der Waals surface area contributed by atoms with Crippen molar-refractivity contribution in [1.82, 2.24) is 19.9 Å². The van der Waals surface area contributed by atoms with Crippen LogP contribution >= 0.6 is 11.3 Å². The third-order valence-corrected chi connectivity index (χ3v) is 10.9. The number of thiophene rings is 1. The van der Waals surface area contributed by atoms with Gasteiger partial charge in [0, 0.05) is 56.9 Å². The lowest BCUT2D eigenvalue weighted by Gasteiger charge is -2.26. The molecule has 0 radical (unpaired) electrons. The minimum Gasteiger partial charge on any atom is -0.436 e. The van der Waals surface area contributed by atoms with Crippen LogP contribution in [0.15, 0.2) is 173 Å². The number of nitrogens with zero attached hydrogens (tertiary/aromatic N) is 5. The molecule has 0 saturated carbocycles. The van der Waals surface area contributed by atoms with E-state index >= 15 is 0 Å². The molecule has 0 atom stereocenters. The van der Waals surface area contributed by atoms with Gasteiger partial charge in [-0.05, 0) is 120 Å². The third kappa shape index (κ3) is 5.19. The molecule has 0 fully saturated rings. The monoisotopic (exact) mass is 713 g/mol. The van der Waals surface area contributed by atoms with E-state index in [1.165, 1.54) is 5.39 Å². The molecule has 0 aliphatic rings. The summed E-state index contributed by atoms with van der Waals surface area (Å²) < 4.78 is 13.3. The molecule has 0 unspecified atom stereocenters. The summed E-state index contributed by atoms with van der Waals surface area (Å²) in [6.07, 6.45) is 3.75. The highest BCUT2D eigenvalue weighted by atomic mass is 32.1. The van der Waals surface area contributed by atoms with Gasteiger partial charge in [-0.2, -0.15) is 0 Å². The SMILES string of the molecule is c1ccc2oc(-c3ccc(N(c4ccc(-c5nc6ccccc6o5)cc4)c4ccc5cc(-c6ccc7c(n6)sc6cnccc67)ccc5c4)cc3)nc2c1. The Labute approximate surface area is 312 Å². The van der Waals surface area contributed by atoms with Gasteiger partial charge in [-0.3, -0.25) is 4.98 Å². The van der Waals surface area contributed by atoms with Gasteiger partial charge in [0.05, 0.1) is 10.4 Å². The smallest absolute Gasteiger partial charge is 0.227 e. The summed E-state index contributed by atoms with van der Waals surface area (Å²) in [5, 5.41) is 4.62. The molecule has 6 aromatic carbocycles. The molecular formula is C46H27N5O2S. The van der Waals surface area contributed by atoms with E-state index in [-0.39, 0.29) is 0 Å². The number of oxazole rings is 2. The van der Waals surface area contributed by atoms with Crippen LogP contribution in [0.25, 0.3) is 87.4 Å². The Kier molecular flexibility index (Phi) is 6.90. The van der Waals surface area contributed by atoms with Gasteiger partial charge in [0.2, 0.25) is 11.8 Å². The second kappa shape index (κ2) is 12.2. The van der Waals surface area contributed by atoms with E-state index in [1.54, 1.807) is 11.3 Å². The highest BCUT2D eigenvalue weighted by Crippen LogP contribution is 2.39. The molecular weight excluding hydrogens is 687 g/mol. The van der Waals surface area contributed by atoms with E-state index in [0.717, 1.165) is 87.3 Å². The number of pyridine rings is 2. The average Bonchev–Trinajstić information content (AvgIpc) is 3.96. The van der Waals surface area contributed by atoms with Crippen molar-refractivity contribution in [3.8, 4) is 34.2 Å². The number of aromatic nitrogens is 4. The van der Waals surface area contributed by atoms with E-state index in [9.17, 15) is 0 Å². The molecule has 8 heteroatoms. The van der Waals surface area contributed by atoms with E-state index in [0.29, 0.717) is 11.8 Å². The van der Waals surface area contributed by atoms with Crippen molar-refractivity contribution in [3.63, 3.8) is 0 Å². The van der Waals surface area contributed by atoms with Crippen molar-refractivity contribution in [1.29, 1.82) is 0 Å². The maximum absolute atomic E-state index is 6.08. The molecule has 11 rings (SSSR count). The Morgan fingerprint density at radius 1 is 0.481 bits per heavy atom. The van der Waals surface area contributed by atoms with Crippen LogP contribution in [0, 0.1) is 0 Å². The van der Waals surface area contributed by atoms with Crippen molar-refractivity contribution >= 4 is 81.7 Å². The van der Waals surface area contributed by atoms with Crippen molar-refractivity contribution in [3.05, 3.63) is 164 Å². The lowest BCUT2D eigenvalue weighted by Crippen LogP contribution is -2.09. The van der Waals surface area contributed by atoms with E-state index < -0.39 is 0 Å². The van der Waals surface area contributed by atoms with Crippen LogP contribution in [-0.4, -0.2) is 19.9 Å². The summed E-state index contributed by atoms with van der Waals surface area (Å²) in [6, 6.07) is 51.8. The molecule has 254 valence electrons. The van der Waals surface area contributed by atoms with Crippen LogP contribution in [0.5, 0.6) is 0 Å². The zero-order valence-corrected chi connectivity index (χ0v) is 29.4. The highest BCUT2D eigenvalue weighted by Gasteiger charge is 2.17. The molecule has 5 heterocycles. The summed E-state index contributed by atoms with van der Waals surface area (Å²) >= 11 is 1.68. The molecule has 0 N–H and O–H groups in total. The van der Waals surface area contributed by atoms with Crippen LogP contribution in [-0.2, 0) is 0 Å². The Morgan fingerprint density at radius 2 is 1.07 bits per heavy atom. The van der Waals surface area contributed by atoms with Gasteiger partial charge in [-0.15, -0.1) is 11.3 Å². The van der Waals surface area contributed by atoms with E-state index in [4.69, 9.17) is 23.8 Å². The first kappa shape index (κ1) is 30.5. The van der Waals surface area contributed by atoms with Gasteiger partial charge in [-0.1, -0.05) is 42.5 Å². The van der Waals surface area contributed by atoms with E-state index in [2.05, 4.69) is 113 Å². The number of rotatable bonds is 6. The van der Waals surface area contributed by atoms with E-state index in [1.807, 2.05) is 60.9 Å². The zero-order valence-electron chi connectivity index (χ0n) is 28.5. The normalized spacial score (nSPS) is 11.7. The summed E-state index contributed by atoms with van der Waals surface area (Å²) in [6.45, 7) is 0. The molecule has 0 amide bonds. The van der Waals surface area contributed by atoms with Gasteiger partial charge in [0.1, 0.15) is 15.9 Å². The molecule has 0 aliphatic heterocycles. The molecule has 0 aliphatic carbocycles. The van der Waals surface area contributed by atoms with Gasteiger partial charge in [0.15, 0.2) is 11.2 Å². The minimum atomic E-state index is 0.594. The topological polar surface area (TPSA) is 81.1 Å². The fourth-order valence-electron chi connectivity index (χ4n) is 7.15. The molecule has 11 aromatic rings. The second-order valence-electron chi connectivity index (χ2n) is 13.2. The summed E-state index contributed by atoms with van der Waals surface area (Å²) in [4.78, 5) is 22.1. The summed E-state index contributed by atoms with van der Waals surface area (Å²) in [5.74, 6) is 1.19. The van der Waals surface area contributed by atoms with Crippen molar-refractivity contribution in [2.75, 3.05) is 4.90 Å². The minimum absolute atomic E-state index is 0.594. The van der Waals surface area contributed by atoms with Gasteiger partial charge in [-0.25, -0.2) is 15.0 Å². The number of hydrogen-bond acceptors (Lipinski definition) is 8. The maximum atomic E-state index is 6.08. The molecule has 0 bridgehead atoms. The Hall–Kier alpha value is -7.16. The highest BCUT2D eigenvalue weighted by molar-refractivity contribution is 7.25. The van der Waals surface area contributed by atoms with Crippen molar-refractivity contribution < 1.29 is 8.83 Å². The predicted octanol–water partition coefficient (Wildman–Crippen LogP) is 12.8. The number of fused-ring (bicyclic) bond motifs is 6. The lowest BCUT2D eigenvalue weighted by molar-refractivity contribution is 0.619. The molecule has 54 heavy (non-hydrogen) atoms. The van der Waals surface area contributed by atoms with Crippen molar-refractivity contribution in [2.24, 2.45) is 0 Å². The molecule has 5 aromatic heterocycles. The lowest BCUT2D eigenvalue weighted by atomic mass is 10.0. The first-order valence-electron chi connectivity index (χ1n) is 17.6. The predicted molar refractivity (Wildman–Crippen MR) is 219 cm³/mol. The fourth-order valence-corrected chi connectivity index (χ4v) is 8.19. The van der Waals surface area contributed by atoms with Gasteiger partial charge < -0.3 is 13.7 Å². The summed E-state index contributed by atoms with van der Waals surface area (Å²) in [7, 11) is 0. The average molecular weight is 714 g/mol. The number of benzene rings is 6. The third-order valence-electron chi connectivity index (χ3n) is 9.85. The van der Waals surface area contributed by atoms with Crippen molar-refractivity contribution in [2.45, 2.75) is 0 Å². The standard InChI is InChI=1S/C46H27N5O2S/c1-3-7-41-39(5-1)48-44(52-41)28-11-16-33(17-12-28)51(34-18-13-29(14-19-34)45-49-40-6-2-4-8-42(40)53-45)35-20-15-30-25-32(10-9-31(30)26-35)38-22-21-37-36-23-24-47-27-43(36)54-46(37)50-38/h1-27H. The Bertz CT molecular complexity index is 3000. The molecule has 7 nitrogen and oxygen atoms in total. The molecule has 0 spiro atoms. The number of para-hydroxylation sites is 4. The summed E-state index contributed by atoms with van der Waals surface area (Å²) in [5.41, 5.74) is 10.1. The zero-order chi connectivity index (χ0) is 35.6. The van der Waals surface area contributed by atoms with Crippen LogP contribution in [0.3, 0.4) is 0 Å². The molecule has 0 saturated heterocycles. The van der Waals surface area contributed by atoms with Crippen LogP contribution in [0.4, 0.5) is 17.1 Å². The number of anilines is 3. The van der Waals surface area contributed by atoms with Crippen LogP contribution < -0.4 is 4.90 Å². The Morgan fingerprint density at radius 3 is 1.74 bits per heavy atom. The van der Waals surface area contributed by atoms with Gasteiger partial charge >= 0.3 is 0 Å². The Balaban J connectivity index is 0.972. The first-order chi connectivity index (χ1) is 26.7. The van der Waals surface area contributed by atoms with Crippen LogP contribution in [0.1, 0.15) is 0 Å². The quantitative estimate of drug-likeness (QED) is 0.170.